The number of nitriles is 1. The summed E-state index contributed by atoms with van der Waals surface area (Å²) in [4.78, 5) is 2.04. The molecule has 3 rings (SSSR count). The molecule has 0 amide bonds. The Hall–Kier alpha value is -1.93. The van der Waals surface area contributed by atoms with Gasteiger partial charge in [-0.2, -0.15) is 9.57 Å². The summed E-state index contributed by atoms with van der Waals surface area (Å²) in [6.45, 7) is 2.65. The first-order chi connectivity index (χ1) is 15.6. The Morgan fingerprint density at radius 1 is 1.24 bits per heavy atom. The van der Waals surface area contributed by atoms with Crippen molar-refractivity contribution in [2.45, 2.75) is 4.90 Å². The predicted molar refractivity (Wildman–Crippen MR) is 126 cm³/mol. The number of nitrogens with zero attached hydrogens (tertiary/aromatic N) is 3. The van der Waals surface area contributed by atoms with Gasteiger partial charge in [0.15, 0.2) is 0 Å². The normalized spacial score (nSPS) is 15.8. The van der Waals surface area contributed by atoms with Gasteiger partial charge in [-0.05, 0) is 44.4 Å². The van der Waals surface area contributed by atoms with Gasteiger partial charge in [0.2, 0.25) is 10.0 Å². The van der Waals surface area contributed by atoms with Gasteiger partial charge in [-0.1, -0.05) is 23.2 Å². The highest BCUT2D eigenvalue weighted by molar-refractivity contribution is 7.89. The maximum atomic E-state index is 13.9. The smallest absolute Gasteiger partial charge is 0.244 e. The summed E-state index contributed by atoms with van der Waals surface area (Å²) >= 11 is 12.0. The van der Waals surface area contributed by atoms with Gasteiger partial charge >= 0.3 is 0 Å². The fourth-order valence-electron chi connectivity index (χ4n) is 3.52. The zero-order valence-electron chi connectivity index (χ0n) is 18.3. The molecule has 0 atom stereocenters. The minimum Gasteiger partial charge on any atom is -0.493 e. The molecule has 1 N–H and O–H groups in total. The molecule has 0 unspecified atom stereocenters. The lowest BCUT2D eigenvalue weighted by Crippen LogP contribution is -2.64. The van der Waals surface area contributed by atoms with Crippen LogP contribution < -0.4 is 10.1 Å². The third kappa shape index (κ3) is 6.15. The van der Waals surface area contributed by atoms with Crippen molar-refractivity contribution in [1.29, 1.82) is 5.26 Å². The molecule has 1 saturated heterocycles. The third-order valence-corrected chi connectivity index (χ3v) is 7.89. The molecule has 2 aromatic carbocycles. The van der Waals surface area contributed by atoms with Crippen LogP contribution in [0.1, 0.15) is 5.56 Å². The van der Waals surface area contributed by atoms with Gasteiger partial charge in [0.25, 0.3) is 0 Å². The second kappa shape index (κ2) is 10.6. The summed E-state index contributed by atoms with van der Waals surface area (Å²) in [5, 5.41) is 12.7. The molecule has 0 radical (unpaired) electrons. The second-order valence-electron chi connectivity index (χ2n) is 8.37. The largest absolute Gasteiger partial charge is 0.493 e. The highest BCUT2D eigenvalue weighted by atomic mass is 35.5. The number of rotatable bonds is 10. The van der Waals surface area contributed by atoms with E-state index in [-0.39, 0.29) is 40.9 Å². The van der Waals surface area contributed by atoms with Crippen molar-refractivity contribution >= 4 is 33.2 Å². The maximum Gasteiger partial charge on any atom is 0.244 e. The maximum absolute atomic E-state index is 13.9. The van der Waals surface area contributed by atoms with Crippen molar-refractivity contribution < 1.29 is 17.5 Å². The number of hydrogen-bond acceptors (Lipinski definition) is 6. The topological polar surface area (TPSA) is 85.7 Å². The lowest BCUT2D eigenvalue weighted by Gasteiger charge is -2.49. The van der Waals surface area contributed by atoms with Crippen molar-refractivity contribution in [2.75, 3.05) is 53.4 Å². The Kier molecular flexibility index (Phi) is 8.22. The fraction of sp³-hybridized carbons (Fsp3) is 0.409. The first-order valence-corrected chi connectivity index (χ1v) is 12.4. The van der Waals surface area contributed by atoms with Gasteiger partial charge in [0, 0.05) is 49.2 Å². The van der Waals surface area contributed by atoms with Crippen molar-refractivity contribution in [2.24, 2.45) is 5.41 Å². The summed E-state index contributed by atoms with van der Waals surface area (Å²) < 4.78 is 47.3. The molecule has 178 valence electrons. The molecule has 0 saturated carbocycles. The molecule has 1 fully saturated rings. The molecule has 2 aromatic rings. The SMILES string of the molecule is CN(C)CCNCC1(COc2ccc(C#N)c(F)c2)CN(S(=O)(=O)c2ccc(Cl)cc2Cl)C1. The van der Waals surface area contributed by atoms with Crippen molar-refractivity contribution in [3.8, 4) is 11.8 Å². The minimum absolute atomic E-state index is 0.00202. The average Bonchev–Trinajstić information content (AvgIpc) is 2.71. The van der Waals surface area contributed by atoms with Crippen molar-refractivity contribution in [3.05, 3.63) is 57.8 Å². The Labute approximate surface area is 203 Å². The number of hydrogen-bond donors (Lipinski definition) is 1. The first-order valence-electron chi connectivity index (χ1n) is 10.2. The molecule has 33 heavy (non-hydrogen) atoms. The summed E-state index contributed by atoms with van der Waals surface area (Å²) in [5.74, 6) is -0.385. The number of likely N-dealkylation sites (N-methyl/N-ethyl adjacent to an activating group) is 1. The fourth-order valence-corrected chi connectivity index (χ4v) is 5.93. The molecule has 0 bridgehead atoms. The van der Waals surface area contributed by atoms with Crippen LogP contribution in [-0.2, 0) is 10.0 Å². The van der Waals surface area contributed by atoms with E-state index in [1.54, 1.807) is 6.07 Å². The van der Waals surface area contributed by atoms with Crippen LogP contribution in [0.4, 0.5) is 4.39 Å². The van der Waals surface area contributed by atoms with E-state index in [0.717, 1.165) is 19.2 Å². The minimum atomic E-state index is -3.81. The summed E-state index contributed by atoms with van der Waals surface area (Å²) in [6, 6.07) is 10.1. The molecule has 0 aromatic heterocycles. The van der Waals surface area contributed by atoms with Gasteiger partial charge in [-0.25, -0.2) is 12.8 Å². The summed E-state index contributed by atoms with van der Waals surface area (Å²) in [6.07, 6.45) is 0. The van der Waals surface area contributed by atoms with Gasteiger partial charge in [-0.15, -0.1) is 0 Å². The van der Waals surface area contributed by atoms with E-state index in [2.05, 4.69) is 5.32 Å². The summed E-state index contributed by atoms with van der Waals surface area (Å²) in [7, 11) is 0.123. The van der Waals surface area contributed by atoms with Gasteiger partial charge < -0.3 is 15.0 Å². The van der Waals surface area contributed by atoms with E-state index in [1.165, 1.54) is 34.6 Å². The van der Waals surface area contributed by atoms with E-state index in [9.17, 15) is 12.8 Å². The van der Waals surface area contributed by atoms with Crippen LogP contribution in [0.2, 0.25) is 10.0 Å². The Balaban J connectivity index is 1.73. The summed E-state index contributed by atoms with van der Waals surface area (Å²) in [5.41, 5.74) is -0.578. The number of benzene rings is 2. The van der Waals surface area contributed by atoms with Crippen LogP contribution in [0.3, 0.4) is 0 Å². The first kappa shape index (κ1) is 25.7. The number of nitrogens with one attached hydrogen (secondary N) is 1. The Morgan fingerprint density at radius 2 is 1.97 bits per heavy atom. The molecule has 0 aliphatic carbocycles. The molecule has 1 aliphatic heterocycles. The van der Waals surface area contributed by atoms with Gasteiger partial charge in [0.1, 0.15) is 22.5 Å². The number of halogens is 3. The van der Waals surface area contributed by atoms with E-state index in [1.807, 2.05) is 19.0 Å². The van der Waals surface area contributed by atoms with Crippen LogP contribution >= 0.6 is 23.2 Å². The highest BCUT2D eigenvalue weighted by Gasteiger charge is 2.49. The standard InChI is InChI=1S/C22H25Cl2FN4O3S/c1-28(2)8-7-27-12-22(15-32-18-5-3-16(11-26)20(25)10-18)13-29(14-22)33(30,31)21-6-4-17(23)9-19(21)24/h3-6,9-10,27H,7-8,12-15H2,1-2H3. The zero-order valence-corrected chi connectivity index (χ0v) is 20.6. The van der Waals surface area contributed by atoms with Crippen LogP contribution in [0, 0.1) is 22.6 Å². The second-order valence-corrected chi connectivity index (χ2v) is 11.1. The highest BCUT2D eigenvalue weighted by Crippen LogP contribution is 2.37. The molecular formula is C22H25Cl2FN4O3S. The Morgan fingerprint density at radius 3 is 2.58 bits per heavy atom. The lowest BCUT2D eigenvalue weighted by atomic mass is 9.82. The lowest BCUT2D eigenvalue weighted by molar-refractivity contribution is 0.0192. The molecule has 0 spiro atoms. The number of sulfonamides is 1. The molecule has 1 heterocycles. The molecular weight excluding hydrogens is 490 g/mol. The third-order valence-electron chi connectivity index (χ3n) is 5.38. The van der Waals surface area contributed by atoms with Gasteiger partial charge in [-0.3, -0.25) is 0 Å². The zero-order chi connectivity index (χ0) is 24.2. The predicted octanol–water partition coefficient (Wildman–Crippen LogP) is 3.23. The molecule has 7 nitrogen and oxygen atoms in total. The van der Waals surface area contributed by atoms with Crippen LogP contribution in [-0.4, -0.2) is 71.0 Å². The van der Waals surface area contributed by atoms with E-state index in [0.29, 0.717) is 11.6 Å². The van der Waals surface area contributed by atoms with Crippen molar-refractivity contribution in [3.63, 3.8) is 0 Å². The Bertz CT molecular complexity index is 1150. The quantitative estimate of drug-likeness (QED) is 0.490. The van der Waals surface area contributed by atoms with Crippen LogP contribution in [0.5, 0.6) is 5.75 Å². The van der Waals surface area contributed by atoms with Gasteiger partial charge in [0.05, 0.1) is 17.2 Å². The van der Waals surface area contributed by atoms with E-state index < -0.39 is 21.3 Å². The average molecular weight is 515 g/mol. The van der Waals surface area contributed by atoms with Crippen LogP contribution in [0.15, 0.2) is 41.3 Å². The molecule has 11 heteroatoms. The number of ether oxygens (including phenoxy) is 1. The van der Waals surface area contributed by atoms with E-state index >= 15 is 0 Å². The monoisotopic (exact) mass is 514 g/mol. The van der Waals surface area contributed by atoms with Crippen LogP contribution in [0.25, 0.3) is 0 Å². The molecule has 1 aliphatic rings. The van der Waals surface area contributed by atoms with Crippen molar-refractivity contribution in [1.82, 2.24) is 14.5 Å². The van der Waals surface area contributed by atoms with E-state index in [4.69, 9.17) is 33.2 Å².